The van der Waals surface area contributed by atoms with Gasteiger partial charge in [0, 0.05) is 36.7 Å². The van der Waals surface area contributed by atoms with Gasteiger partial charge in [-0.15, -0.1) is 11.7 Å². The van der Waals surface area contributed by atoms with Gasteiger partial charge in [0.1, 0.15) is 46.5 Å². The fraction of sp³-hybridized carbons (Fsp3) is 0.400. The van der Waals surface area contributed by atoms with Crippen molar-refractivity contribution in [3.05, 3.63) is 33.8 Å². The number of aliphatic carboxylic acids is 3. The number of carbonyl (C=O) groups is 8. The quantitative estimate of drug-likeness (QED) is 0.0328. The maximum atomic E-state index is 14.0. The van der Waals surface area contributed by atoms with Crippen LogP contribution >= 0.6 is 72.1 Å². The number of ether oxygens (including phenoxy) is 1. The van der Waals surface area contributed by atoms with Crippen molar-refractivity contribution in [2.45, 2.75) is 54.7 Å². The van der Waals surface area contributed by atoms with Gasteiger partial charge in [0.15, 0.2) is 5.75 Å². The van der Waals surface area contributed by atoms with Crippen LogP contribution in [0.5, 0.6) is 5.75 Å². The van der Waals surface area contributed by atoms with Crippen molar-refractivity contribution in [2.75, 3.05) is 34.4 Å². The lowest BCUT2D eigenvalue weighted by Crippen LogP contribution is -2.52. The van der Waals surface area contributed by atoms with Crippen LogP contribution in [0.4, 0.5) is 11.4 Å². The first-order valence-corrected chi connectivity index (χ1v) is 19.9. The Kier molecular flexibility index (Phi) is 19.8. The molecule has 0 fully saturated rings. The number of nitrogens with one attached hydrogen (secondary N) is 4. The molecule has 4 unspecified atom stereocenters. The van der Waals surface area contributed by atoms with Gasteiger partial charge in [-0.2, -0.15) is 25.3 Å². The Morgan fingerprint density at radius 3 is 1.64 bits per heavy atom. The van der Waals surface area contributed by atoms with Gasteiger partial charge in [0.2, 0.25) is 11.8 Å². The van der Waals surface area contributed by atoms with Crippen molar-refractivity contribution in [2.24, 2.45) is 11.5 Å². The van der Waals surface area contributed by atoms with Crippen LogP contribution in [-0.2, 0) is 38.4 Å². The number of pyridine rings is 2. The molecule has 4 atom stereocenters. The molecule has 4 amide bonds. The number of carboxylic acid groups (broad SMARTS) is 3. The molecule has 0 spiro atoms. The second kappa shape index (κ2) is 23.1. The number of carbonyl (C=O) groups excluding carboxylic acids is 5. The van der Waals surface area contributed by atoms with Crippen LogP contribution in [0.1, 0.15) is 25.7 Å². The van der Waals surface area contributed by atoms with E-state index in [-0.39, 0.29) is 56.3 Å². The fourth-order valence-corrected chi connectivity index (χ4v) is 6.75. The summed E-state index contributed by atoms with van der Waals surface area (Å²) in [6.45, 7) is -1.92. The second-order valence-electron chi connectivity index (χ2n) is 11.4. The summed E-state index contributed by atoms with van der Waals surface area (Å²) in [7, 11) is 0.825. The summed E-state index contributed by atoms with van der Waals surface area (Å²) in [6, 6.07) is -3.00. The smallest absolute Gasteiger partial charge is 0.331 e. The number of rotatable bonds is 22. The Labute approximate surface area is 348 Å². The zero-order valence-corrected chi connectivity index (χ0v) is 34.0. The molecule has 0 aliphatic heterocycles. The molecular weight excluding hydrogens is 857 g/mol. The first-order chi connectivity index (χ1) is 26.4. The minimum Gasteiger partial charge on any atom is -0.480 e. The number of hydrogen-bond acceptors (Lipinski definition) is 17. The van der Waals surface area contributed by atoms with Crippen molar-refractivity contribution >= 4 is 131 Å². The van der Waals surface area contributed by atoms with E-state index in [1.165, 1.54) is 24.5 Å². The topological polar surface area (TPSA) is 321 Å². The molecular formula is C30H38N8O12S6. The Morgan fingerprint density at radius 2 is 1.21 bits per heavy atom. The fourth-order valence-electron chi connectivity index (χ4n) is 4.59. The Bertz CT molecular complexity index is 1930. The van der Waals surface area contributed by atoms with Crippen LogP contribution in [0, 0.1) is 9.28 Å². The van der Waals surface area contributed by atoms with Crippen LogP contribution in [0.15, 0.2) is 29.4 Å². The van der Waals surface area contributed by atoms with Gasteiger partial charge in [-0.05, 0) is 25.0 Å². The predicted molar refractivity (Wildman–Crippen MR) is 217 cm³/mol. The van der Waals surface area contributed by atoms with E-state index in [1.54, 1.807) is 0 Å². The van der Waals surface area contributed by atoms with Crippen LogP contribution < -0.4 is 36.6 Å². The molecule has 0 radical (unpaired) electrons. The lowest BCUT2D eigenvalue weighted by molar-refractivity contribution is -0.140. The van der Waals surface area contributed by atoms with Crippen molar-refractivity contribution in [3.63, 3.8) is 0 Å². The van der Waals surface area contributed by atoms with Gasteiger partial charge in [0.05, 0.1) is 16.3 Å². The average Bonchev–Trinajstić information content (AvgIpc) is 3.15. The van der Waals surface area contributed by atoms with E-state index in [1.807, 2.05) is 0 Å². The van der Waals surface area contributed by atoms with Gasteiger partial charge in [-0.1, -0.05) is 35.2 Å². The third kappa shape index (κ3) is 14.1. The lowest BCUT2D eigenvalue weighted by Gasteiger charge is -2.29. The Balaban J connectivity index is 2.51. The van der Waals surface area contributed by atoms with Crippen molar-refractivity contribution in [1.82, 2.24) is 20.6 Å². The van der Waals surface area contributed by atoms with Gasteiger partial charge in [-0.25, -0.2) is 4.79 Å². The maximum absolute atomic E-state index is 14.0. The molecule has 306 valence electrons. The molecule has 2 rings (SSSR count). The van der Waals surface area contributed by atoms with Crippen LogP contribution in [0.25, 0.3) is 0 Å². The SMILES string of the molecule is NC(CCC(=O)NC(CS)C(=O)N(CC(=O)O)c1cc[nH]c(=S)c1OC(=O)CN(C(=O)C(CS)NC(=O)CCC(N)C(=O)O)c1cc[nH]c(=S)c1SS)C(=O)O. The highest BCUT2D eigenvalue weighted by molar-refractivity contribution is 8.68. The molecule has 20 nitrogen and oxygen atoms in total. The van der Waals surface area contributed by atoms with Gasteiger partial charge in [0.25, 0.3) is 11.8 Å². The van der Waals surface area contributed by atoms with Crippen LogP contribution in [-0.4, -0.2) is 122 Å². The first kappa shape index (κ1) is 48.0. The average molecular weight is 895 g/mol. The minimum absolute atomic E-state index is 0.0439. The van der Waals surface area contributed by atoms with Crippen molar-refractivity contribution < 1.29 is 58.4 Å². The molecule has 0 aromatic carbocycles. The van der Waals surface area contributed by atoms with E-state index >= 15 is 0 Å². The van der Waals surface area contributed by atoms with E-state index in [0.717, 1.165) is 15.7 Å². The number of aromatic nitrogens is 2. The highest BCUT2D eigenvalue weighted by atomic mass is 33.1. The number of carboxylic acids is 3. The highest BCUT2D eigenvalue weighted by Crippen LogP contribution is 2.34. The number of thiol groups is 3. The largest absolute Gasteiger partial charge is 0.480 e. The lowest BCUT2D eigenvalue weighted by atomic mass is 10.1. The molecule has 56 heavy (non-hydrogen) atoms. The number of aromatic amines is 2. The summed E-state index contributed by atoms with van der Waals surface area (Å²) >= 11 is 23.2. The zero-order valence-electron chi connectivity index (χ0n) is 28.9. The summed E-state index contributed by atoms with van der Waals surface area (Å²) in [4.78, 5) is 108. The van der Waals surface area contributed by atoms with E-state index in [4.69, 9.17) is 50.9 Å². The molecule has 0 bridgehead atoms. The standard InChI is InChI=1S/C30H38N8O12S6/c31-13(29(46)47)1-3-19(39)35-15(11-51)27(44)37(9-21(41)42)17-5-7-33-25(53)23(17)50-22(43)10-38(18-6-8-34-26(54)24(18)56-55)28(45)16(12-52)36-20(40)4-2-14(32)30(48)49/h5-8,13-16,51-52,55H,1-4,9-12,31-32H2,(H,33,53)(H,34,54)(H,35,39)(H,36,40)(H,41,42)(H,46,47)(H,48,49). The Hall–Kier alpha value is -4.18. The molecule has 0 aliphatic carbocycles. The number of nitrogens with zero attached hydrogens (tertiary/aromatic N) is 2. The maximum Gasteiger partial charge on any atom is 0.331 e. The molecule has 0 saturated heterocycles. The summed E-state index contributed by atoms with van der Waals surface area (Å²) < 4.78 is 5.42. The van der Waals surface area contributed by atoms with Gasteiger partial charge in [-0.3, -0.25) is 43.4 Å². The molecule has 26 heteroatoms. The second-order valence-corrected chi connectivity index (χ2v) is 14.1. The van der Waals surface area contributed by atoms with Crippen molar-refractivity contribution in [1.29, 1.82) is 0 Å². The first-order valence-electron chi connectivity index (χ1n) is 15.9. The predicted octanol–water partition coefficient (Wildman–Crippen LogP) is 0.308. The van der Waals surface area contributed by atoms with E-state index in [9.17, 15) is 43.5 Å². The third-order valence-electron chi connectivity index (χ3n) is 7.42. The number of anilines is 2. The van der Waals surface area contributed by atoms with Crippen LogP contribution in [0.2, 0.25) is 0 Å². The normalized spacial score (nSPS) is 12.9. The zero-order chi connectivity index (χ0) is 42.3. The van der Waals surface area contributed by atoms with E-state index in [0.29, 0.717) is 4.90 Å². The number of amides is 4. The minimum atomic E-state index is -1.52. The summed E-state index contributed by atoms with van der Waals surface area (Å²) in [5, 5.41) is 32.5. The Morgan fingerprint density at radius 1 is 0.768 bits per heavy atom. The monoisotopic (exact) mass is 894 g/mol. The summed E-state index contributed by atoms with van der Waals surface area (Å²) in [5.74, 6) is -10.0. The van der Waals surface area contributed by atoms with Gasteiger partial charge < -0.3 is 52.1 Å². The molecule has 11 N–H and O–H groups in total. The number of hydrogen-bond donors (Lipinski definition) is 12. The molecule has 2 aromatic heterocycles. The molecule has 0 aliphatic rings. The van der Waals surface area contributed by atoms with Crippen LogP contribution in [0.3, 0.4) is 0 Å². The summed E-state index contributed by atoms with van der Waals surface area (Å²) in [6.07, 6.45) is 1.32. The number of nitrogens with two attached hydrogens (primary N) is 2. The molecule has 2 heterocycles. The molecule has 2 aromatic rings. The van der Waals surface area contributed by atoms with Gasteiger partial charge >= 0.3 is 23.9 Å². The molecule has 0 saturated carbocycles. The third-order valence-corrected chi connectivity index (χ3v) is 10.0. The number of esters is 1. The van der Waals surface area contributed by atoms with E-state index < -0.39 is 96.9 Å². The highest BCUT2D eigenvalue weighted by Gasteiger charge is 2.33. The van der Waals surface area contributed by atoms with Crippen molar-refractivity contribution in [3.8, 4) is 5.75 Å². The summed E-state index contributed by atoms with van der Waals surface area (Å²) in [5.41, 5.74) is 10.6. The van der Waals surface area contributed by atoms with E-state index in [2.05, 4.69) is 57.5 Å². The number of H-pyrrole nitrogens is 2.